The molecule has 1 N–H and O–H groups in total. The molecule has 0 aromatic heterocycles. The fraction of sp³-hybridized carbons (Fsp3) is 0.0625. The van der Waals surface area contributed by atoms with Crippen molar-refractivity contribution in [2.75, 3.05) is 0 Å². The Hall–Kier alpha value is -2.35. The zero-order valence-corrected chi connectivity index (χ0v) is 10.3. The predicted octanol–water partition coefficient (Wildman–Crippen LogP) is 3.40. The highest BCUT2D eigenvalue weighted by Gasteiger charge is 2.07. The Morgan fingerprint density at radius 3 is 2.33 bits per heavy atom. The molecule has 1 amide bonds. The minimum Gasteiger partial charge on any atom is -0.322 e. The van der Waals surface area contributed by atoms with E-state index in [1.165, 1.54) is 0 Å². The predicted molar refractivity (Wildman–Crippen MR) is 74.1 cm³/mol. The molecular formula is C16H15NO. The van der Waals surface area contributed by atoms with E-state index in [4.69, 9.17) is 0 Å². The van der Waals surface area contributed by atoms with Crippen LogP contribution in [0.5, 0.6) is 0 Å². The summed E-state index contributed by atoms with van der Waals surface area (Å²) in [6, 6.07) is 17.1. The maximum atomic E-state index is 12.0. The van der Waals surface area contributed by atoms with Gasteiger partial charge in [0.25, 0.3) is 5.91 Å². The lowest BCUT2D eigenvalue weighted by Crippen LogP contribution is -2.21. The van der Waals surface area contributed by atoms with E-state index < -0.39 is 0 Å². The number of amides is 1. The number of rotatable bonds is 3. The van der Waals surface area contributed by atoms with Crippen LogP contribution in [0.15, 0.2) is 61.2 Å². The number of hydrogen-bond acceptors (Lipinski definition) is 1. The van der Waals surface area contributed by atoms with E-state index >= 15 is 0 Å². The normalized spacial score (nSPS) is 9.83. The standard InChI is InChI=1S/C16H15NO/c1-12-7-6-10-15(11-12)16(18)17-13(2)14-8-4-3-5-9-14/h3-11H,2H2,1H3,(H,17,18). The van der Waals surface area contributed by atoms with E-state index in [0.717, 1.165) is 11.1 Å². The molecule has 0 aliphatic rings. The van der Waals surface area contributed by atoms with Crippen molar-refractivity contribution in [3.63, 3.8) is 0 Å². The molecule has 2 aromatic rings. The summed E-state index contributed by atoms with van der Waals surface area (Å²) in [7, 11) is 0. The number of carbonyl (C=O) groups excluding carboxylic acids is 1. The van der Waals surface area contributed by atoms with Crippen LogP contribution in [0.1, 0.15) is 21.5 Å². The molecule has 2 heteroatoms. The van der Waals surface area contributed by atoms with Gasteiger partial charge in [0.15, 0.2) is 0 Å². The third-order valence-electron chi connectivity index (χ3n) is 2.67. The summed E-state index contributed by atoms with van der Waals surface area (Å²) in [6.45, 7) is 5.84. The molecule has 2 rings (SSSR count). The topological polar surface area (TPSA) is 29.1 Å². The van der Waals surface area contributed by atoms with Crippen LogP contribution in [0.4, 0.5) is 0 Å². The lowest BCUT2D eigenvalue weighted by atomic mass is 10.1. The van der Waals surface area contributed by atoms with Gasteiger partial charge in [0.05, 0.1) is 0 Å². The van der Waals surface area contributed by atoms with Crippen LogP contribution in [0, 0.1) is 6.92 Å². The second-order valence-electron chi connectivity index (χ2n) is 4.17. The van der Waals surface area contributed by atoms with Crippen molar-refractivity contribution >= 4 is 11.6 Å². The van der Waals surface area contributed by atoms with Gasteiger partial charge in [-0.3, -0.25) is 4.79 Å². The van der Waals surface area contributed by atoms with Crippen molar-refractivity contribution in [2.24, 2.45) is 0 Å². The molecule has 0 heterocycles. The second kappa shape index (κ2) is 5.32. The molecule has 0 radical (unpaired) electrons. The summed E-state index contributed by atoms with van der Waals surface area (Å²) < 4.78 is 0. The number of nitrogens with one attached hydrogen (secondary N) is 1. The minimum absolute atomic E-state index is 0.132. The highest BCUT2D eigenvalue weighted by molar-refractivity contribution is 5.99. The lowest BCUT2D eigenvalue weighted by Gasteiger charge is -2.08. The van der Waals surface area contributed by atoms with Crippen molar-refractivity contribution < 1.29 is 4.79 Å². The summed E-state index contributed by atoms with van der Waals surface area (Å²) in [5.74, 6) is -0.132. The number of carbonyl (C=O) groups is 1. The Kier molecular flexibility index (Phi) is 3.58. The first-order valence-corrected chi connectivity index (χ1v) is 5.79. The van der Waals surface area contributed by atoms with Crippen LogP contribution in [-0.2, 0) is 0 Å². The van der Waals surface area contributed by atoms with Gasteiger partial charge >= 0.3 is 0 Å². The molecule has 0 spiro atoms. The molecule has 0 aliphatic carbocycles. The van der Waals surface area contributed by atoms with Gasteiger partial charge in [0.2, 0.25) is 0 Å². The Labute approximate surface area is 107 Å². The van der Waals surface area contributed by atoms with E-state index in [0.29, 0.717) is 11.3 Å². The maximum Gasteiger partial charge on any atom is 0.255 e. The largest absolute Gasteiger partial charge is 0.322 e. The maximum absolute atomic E-state index is 12.0. The van der Waals surface area contributed by atoms with Crippen LogP contribution in [-0.4, -0.2) is 5.91 Å². The second-order valence-corrected chi connectivity index (χ2v) is 4.17. The summed E-state index contributed by atoms with van der Waals surface area (Å²) in [5.41, 5.74) is 3.24. The fourth-order valence-electron chi connectivity index (χ4n) is 1.71. The van der Waals surface area contributed by atoms with Crippen molar-refractivity contribution in [2.45, 2.75) is 6.92 Å². The SMILES string of the molecule is C=C(NC(=O)c1cccc(C)c1)c1ccccc1. The van der Waals surface area contributed by atoms with Crippen LogP contribution < -0.4 is 5.32 Å². The van der Waals surface area contributed by atoms with Gasteiger partial charge in [0, 0.05) is 11.3 Å². The monoisotopic (exact) mass is 237 g/mol. The Balaban J connectivity index is 2.11. The van der Waals surface area contributed by atoms with Gasteiger partial charge in [-0.05, 0) is 24.6 Å². The lowest BCUT2D eigenvalue weighted by molar-refractivity contribution is 0.0974. The van der Waals surface area contributed by atoms with E-state index in [1.54, 1.807) is 6.07 Å². The highest BCUT2D eigenvalue weighted by atomic mass is 16.1. The minimum atomic E-state index is -0.132. The third-order valence-corrected chi connectivity index (χ3v) is 2.67. The first kappa shape index (κ1) is 12.1. The van der Waals surface area contributed by atoms with Gasteiger partial charge in [0.1, 0.15) is 0 Å². The van der Waals surface area contributed by atoms with Crippen LogP contribution in [0.3, 0.4) is 0 Å². The number of hydrogen-bond donors (Lipinski definition) is 1. The summed E-state index contributed by atoms with van der Waals surface area (Å²) in [5, 5.41) is 2.81. The summed E-state index contributed by atoms with van der Waals surface area (Å²) in [6.07, 6.45) is 0. The molecule has 0 atom stereocenters. The Morgan fingerprint density at radius 2 is 1.67 bits per heavy atom. The molecule has 18 heavy (non-hydrogen) atoms. The fourth-order valence-corrected chi connectivity index (χ4v) is 1.71. The van der Waals surface area contributed by atoms with Gasteiger partial charge in [-0.15, -0.1) is 0 Å². The Bertz CT molecular complexity index is 573. The quantitative estimate of drug-likeness (QED) is 0.871. The molecule has 0 aliphatic heterocycles. The van der Waals surface area contributed by atoms with E-state index in [-0.39, 0.29) is 5.91 Å². The zero-order valence-electron chi connectivity index (χ0n) is 10.3. The summed E-state index contributed by atoms with van der Waals surface area (Å²) in [4.78, 5) is 12.0. The first-order valence-electron chi connectivity index (χ1n) is 5.79. The smallest absolute Gasteiger partial charge is 0.255 e. The zero-order chi connectivity index (χ0) is 13.0. The van der Waals surface area contributed by atoms with Crippen LogP contribution in [0.2, 0.25) is 0 Å². The highest BCUT2D eigenvalue weighted by Crippen LogP contribution is 2.10. The number of aryl methyl sites for hydroxylation is 1. The molecule has 0 fully saturated rings. The van der Waals surface area contributed by atoms with Crippen LogP contribution >= 0.6 is 0 Å². The Morgan fingerprint density at radius 1 is 1.00 bits per heavy atom. The summed E-state index contributed by atoms with van der Waals surface area (Å²) >= 11 is 0. The van der Waals surface area contributed by atoms with E-state index in [1.807, 2.05) is 55.5 Å². The van der Waals surface area contributed by atoms with Gasteiger partial charge in [-0.1, -0.05) is 54.6 Å². The number of benzene rings is 2. The van der Waals surface area contributed by atoms with E-state index in [9.17, 15) is 4.79 Å². The van der Waals surface area contributed by atoms with Crippen molar-refractivity contribution in [1.29, 1.82) is 0 Å². The molecule has 0 unspecified atom stereocenters. The molecular weight excluding hydrogens is 222 g/mol. The molecule has 90 valence electrons. The van der Waals surface area contributed by atoms with E-state index in [2.05, 4.69) is 11.9 Å². The average molecular weight is 237 g/mol. The van der Waals surface area contributed by atoms with Crippen molar-refractivity contribution in [3.8, 4) is 0 Å². The van der Waals surface area contributed by atoms with Gasteiger partial charge in [-0.25, -0.2) is 0 Å². The van der Waals surface area contributed by atoms with Gasteiger partial charge < -0.3 is 5.32 Å². The molecule has 0 saturated heterocycles. The molecule has 2 aromatic carbocycles. The first-order chi connectivity index (χ1) is 8.66. The molecule has 2 nitrogen and oxygen atoms in total. The van der Waals surface area contributed by atoms with Crippen LogP contribution in [0.25, 0.3) is 5.70 Å². The third kappa shape index (κ3) is 2.86. The average Bonchev–Trinajstić information content (AvgIpc) is 2.39. The van der Waals surface area contributed by atoms with Crippen molar-refractivity contribution in [3.05, 3.63) is 77.9 Å². The van der Waals surface area contributed by atoms with Gasteiger partial charge in [-0.2, -0.15) is 0 Å². The van der Waals surface area contributed by atoms with Crippen molar-refractivity contribution in [1.82, 2.24) is 5.32 Å². The molecule has 0 bridgehead atoms. The molecule has 0 saturated carbocycles.